The Morgan fingerprint density at radius 2 is 2.30 bits per heavy atom. The summed E-state index contributed by atoms with van der Waals surface area (Å²) in [7, 11) is 0. The Bertz CT molecular complexity index is 95.7. The van der Waals surface area contributed by atoms with E-state index in [1.807, 2.05) is 0 Å². The fourth-order valence-corrected chi connectivity index (χ4v) is 0.575. The maximum atomic E-state index is 10.3. The fourth-order valence-electron chi connectivity index (χ4n) is 0.575. The zero-order valence-corrected chi connectivity index (χ0v) is 6.22. The van der Waals surface area contributed by atoms with Crippen molar-refractivity contribution in [3.05, 3.63) is 0 Å². The molecule has 60 valence electrons. The zero-order chi connectivity index (χ0) is 7.82. The number of hydrogen-bond donors (Lipinski definition) is 2. The van der Waals surface area contributed by atoms with Crippen molar-refractivity contribution in [1.29, 1.82) is 0 Å². The third kappa shape index (κ3) is 7.39. The van der Waals surface area contributed by atoms with Gasteiger partial charge < -0.3 is 10.2 Å². The Morgan fingerprint density at radius 1 is 1.60 bits per heavy atom. The summed E-state index contributed by atoms with van der Waals surface area (Å²) in [5, 5.41) is 2.67. The van der Waals surface area contributed by atoms with Crippen LogP contribution in [-0.2, 0) is 9.63 Å². The summed E-state index contributed by atoms with van der Waals surface area (Å²) in [5.41, 5.74) is 0. The highest BCUT2D eigenvalue weighted by molar-refractivity contribution is 5.72. The van der Waals surface area contributed by atoms with Crippen molar-refractivity contribution in [2.24, 2.45) is 5.90 Å². The molecule has 0 aliphatic heterocycles. The molecule has 0 aromatic heterocycles. The summed E-state index contributed by atoms with van der Waals surface area (Å²) in [5.74, 6) is 4.79. The number of carbonyl (C=O) groups excluding carboxylic acids is 1. The van der Waals surface area contributed by atoms with Gasteiger partial charge in [0.2, 0.25) is 5.91 Å². The first-order valence-corrected chi connectivity index (χ1v) is 3.33. The average molecular weight is 146 g/mol. The van der Waals surface area contributed by atoms with Gasteiger partial charge in [-0.25, -0.2) is 5.90 Å². The fraction of sp³-hybridized carbons (Fsp3) is 0.833. The number of nitrogens with two attached hydrogens (primary N) is 1. The number of carbonyl (C=O) groups is 1. The van der Waals surface area contributed by atoms with Crippen molar-refractivity contribution in [1.82, 2.24) is 5.32 Å². The van der Waals surface area contributed by atoms with E-state index in [0.29, 0.717) is 13.2 Å². The Balaban J connectivity index is 2.84. The molecule has 0 bridgehead atoms. The highest BCUT2D eigenvalue weighted by Crippen LogP contribution is 1.84. The van der Waals surface area contributed by atoms with Gasteiger partial charge in [0.25, 0.3) is 0 Å². The van der Waals surface area contributed by atoms with E-state index >= 15 is 0 Å². The van der Waals surface area contributed by atoms with Crippen molar-refractivity contribution in [3.63, 3.8) is 0 Å². The Morgan fingerprint density at radius 3 is 2.80 bits per heavy atom. The molecular weight excluding hydrogens is 132 g/mol. The van der Waals surface area contributed by atoms with Gasteiger partial charge in [0, 0.05) is 13.5 Å². The highest BCUT2D eigenvalue weighted by Gasteiger charge is 1.89. The smallest absolute Gasteiger partial charge is 0.216 e. The van der Waals surface area contributed by atoms with Crippen LogP contribution in [0.1, 0.15) is 19.8 Å². The molecule has 0 saturated carbocycles. The molecule has 0 aromatic carbocycles. The highest BCUT2D eigenvalue weighted by atomic mass is 16.6. The van der Waals surface area contributed by atoms with E-state index in [4.69, 9.17) is 5.90 Å². The van der Waals surface area contributed by atoms with Gasteiger partial charge in [-0.2, -0.15) is 0 Å². The summed E-state index contributed by atoms with van der Waals surface area (Å²) in [6.07, 6.45) is 1.80. The monoisotopic (exact) mass is 146 g/mol. The molecule has 0 atom stereocenters. The molecule has 0 unspecified atom stereocenters. The molecule has 0 aliphatic rings. The Labute approximate surface area is 60.7 Å². The molecule has 0 aromatic rings. The van der Waals surface area contributed by atoms with Crippen LogP contribution < -0.4 is 11.2 Å². The summed E-state index contributed by atoms with van der Waals surface area (Å²) in [6.45, 7) is 2.76. The molecule has 3 N–H and O–H groups in total. The van der Waals surface area contributed by atoms with Crippen LogP contribution in [0.3, 0.4) is 0 Å². The number of rotatable bonds is 5. The Kier molecular flexibility index (Phi) is 6.11. The van der Waals surface area contributed by atoms with Gasteiger partial charge in [-0.05, 0) is 12.8 Å². The summed E-state index contributed by atoms with van der Waals surface area (Å²) >= 11 is 0. The predicted molar refractivity (Wildman–Crippen MR) is 38.1 cm³/mol. The van der Waals surface area contributed by atoms with E-state index < -0.39 is 0 Å². The van der Waals surface area contributed by atoms with E-state index in [-0.39, 0.29) is 5.91 Å². The summed E-state index contributed by atoms with van der Waals surface area (Å²) in [6, 6.07) is 0. The lowest BCUT2D eigenvalue weighted by molar-refractivity contribution is -0.118. The van der Waals surface area contributed by atoms with Crippen LogP contribution in [0.4, 0.5) is 0 Å². The maximum absolute atomic E-state index is 10.3. The van der Waals surface area contributed by atoms with E-state index in [1.165, 1.54) is 6.92 Å². The number of amides is 1. The van der Waals surface area contributed by atoms with Gasteiger partial charge in [-0.1, -0.05) is 0 Å². The second kappa shape index (κ2) is 6.51. The van der Waals surface area contributed by atoms with Gasteiger partial charge >= 0.3 is 0 Å². The predicted octanol–water partition coefficient (Wildman–Crippen LogP) is -0.207. The second-order valence-corrected chi connectivity index (χ2v) is 2.06. The van der Waals surface area contributed by atoms with Crippen LogP contribution in [0.15, 0.2) is 0 Å². The minimum Gasteiger partial charge on any atom is -0.356 e. The molecule has 0 heterocycles. The summed E-state index contributed by atoms with van der Waals surface area (Å²) < 4.78 is 0. The maximum Gasteiger partial charge on any atom is 0.216 e. The van der Waals surface area contributed by atoms with Gasteiger partial charge in [0.05, 0.1) is 6.61 Å². The van der Waals surface area contributed by atoms with Crippen LogP contribution in [0, 0.1) is 0 Å². The molecule has 4 nitrogen and oxygen atoms in total. The topological polar surface area (TPSA) is 64.3 Å². The standard InChI is InChI=1S/C6H14N2O2/c1-6(9)8-4-2-3-5-10-7/h2-5,7H2,1H3,(H,8,9). The van der Waals surface area contributed by atoms with Crippen LogP contribution in [0.2, 0.25) is 0 Å². The van der Waals surface area contributed by atoms with Crippen LogP contribution in [-0.4, -0.2) is 19.1 Å². The summed E-state index contributed by atoms with van der Waals surface area (Å²) in [4.78, 5) is 14.6. The number of nitrogens with one attached hydrogen (secondary N) is 1. The van der Waals surface area contributed by atoms with E-state index in [1.54, 1.807) is 0 Å². The van der Waals surface area contributed by atoms with Crippen molar-refractivity contribution < 1.29 is 9.63 Å². The van der Waals surface area contributed by atoms with Crippen molar-refractivity contribution >= 4 is 5.91 Å². The second-order valence-electron chi connectivity index (χ2n) is 2.06. The van der Waals surface area contributed by atoms with Gasteiger partial charge in [0.1, 0.15) is 0 Å². The third-order valence-corrected chi connectivity index (χ3v) is 1.06. The quantitative estimate of drug-likeness (QED) is 0.417. The van der Waals surface area contributed by atoms with E-state index in [9.17, 15) is 4.79 Å². The van der Waals surface area contributed by atoms with E-state index in [2.05, 4.69) is 10.2 Å². The van der Waals surface area contributed by atoms with Gasteiger partial charge in [-0.3, -0.25) is 4.79 Å². The average Bonchev–Trinajstić information content (AvgIpc) is 1.87. The lowest BCUT2D eigenvalue weighted by atomic mass is 10.3. The van der Waals surface area contributed by atoms with Crippen LogP contribution >= 0.6 is 0 Å². The molecule has 0 aliphatic carbocycles. The minimum atomic E-state index is 0.00802. The molecule has 0 rings (SSSR count). The lowest BCUT2D eigenvalue weighted by Crippen LogP contribution is -2.21. The first-order valence-electron chi connectivity index (χ1n) is 3.33. The largest absolute Gasteiger partial charge is 0.356 e. The normalized spacial score (nSPS) is 9.40. The molecule has 4 heteroatoms. The zero-order valence-electron chi connectivity index (χ0n) is 6.22. The Hall–Kier alpha value is -0.610. The minimum absolute atomic E-state index is 0.00802. The SMILES string of the molecule is CC(=O)NCCCCON. The van der Waals surface area contributed by atoms with Crippen molar-refractivity contribution in [2.45, 2.75) is 19.8 Å². The molecule has 0 spiro atoms. The first-order chi connectivity index (χ1) is 4.77. The van der Waals surface area contributed by atoms with Gasteiger partial charge in [-0.15, -0.1) is 0 Å². The molecule has 0 saturated heterocycles. The number of hydrogen-bond acceptors (Lipinski definition) is 3. The van der Waals surface area contributed by atoms with Crippen molar-refractivity contribution in [3.8, 4) is 0 Å². The van der Waals surface area contributed by atoms with Crippen LogP contribution in [0.25, 0.3) is 0 Å². The molecule has 10 heavy (non-hydrogen) atoms. The van der Waals surface area contributed by atoms with Gasteiger partial charge in [0.15, 0.2) is 0 Å². The lowest BCUT2D eigenvalue weighted by Gasteiger charge is -1.99. The first kappa shape index (κ1) is 9.39. The van der Waals surface area contributed by atoms with E-state index in [0.717, 1.165) is 12.8 Å². The molecule has 1 amide bonds. The number of unbranched alkanes of at least 4 members (excludes halogenated alkanes) is 1. The molecule has 0 fully saturated rings. The third-order valence-electron chi connectivity index (χ3n) is 1.06. The molecular formula is C6H14N2O2. The van der Waals surface area contributed by atoms with Crippen LogP contribution in [0.5, 0.6) is 0 Å². The molecule has 0 radical (unpaired) electrons. The van der Waals surface area contributed by atoms with Crippen molar-refractivity contribution in [2.75, 3.05) is 13.2 Å².